The molecule has 2 aliphatic rings. The summed E-state index contributed by atoms with van der Waals surface area (Å²) in [5.74, 6) is 0.358. The van der Waals surface area contributed by atoms with Crippen LogP contribution in [0.3, 0.4) is 0 Å². The molecule has 8 heteroatoms. The van der Waals surface area contributed by atoms with Crippen molar-refractivity contribution in [2.75, 3.05) is 39.3 Å². The standard InChI is InChI=1S/C20H32N4O.3ClH/c21-19-8-7-18(15-19)20(25)22-9-4-10-23-11-13-24(14-12-23)16-17-5-2-1-3-6-17;;;/h1-3,5-6,18-19H,4,7-16,21H2,(H,22,25);3*1H. The molecular formula is C20H35Cl3N4O. The first kappa shape index (κ1) is 27.4. The molecule has 2 atom stereocenters. The van der Waals surface area contributed by atoms with E-state index >= 15 is 0 Å². The Labute approximate surface area is 188 Å². The topological polar surface area (TPSA) is 61.6 Å². The molecule has 1 aliphatic heterocycles. The third kappa shape index (κ3) is 8.85. The fourth-order valence-electron chi connectivity index (χ4n) is 3.93. The van der Waals surface area contributed by atoms with E-state index in [0.29, 0.717) is 0 Å². The lowest BCUT2D eigenvalue weighted by atomic mass is 10.1. The first-order chi connectivity index (χ1) is 12.2. The van der Waals surface area contributed by atoms with Gasteiger partial charge in [-0.1, -0.05) is 30.3 Å². The van der Waals surface area contributed by atoms with Gasteiger partial charge in [0.1, 0.15) is 0 Å². The van der Waals surface area contributed by atoms with Gasteiger partial charge in [0.05, 0.1) is 0 Å². The predicted molar refractivity (Wildman–Crippen MR) is 123 cm³/mol. The Morgan fingerprint density at radius 1 is 1.00 bits per heavy atom. The second kappa shape index (κ2) is 14.4. The minimum atomic E-state index is 0. The lowest BCUT2D eigenvalue weighted by Crippen LogP contribution is -2.46. The molecule has 0 radical (unpaired) electrons. The molecule has 1 aromatic rings. The summed E-state index contributed by atoms with van der Waals surface area (Å²) >= 11 is 0. The van der Waals surface area contributed by atoms with Crippen LogP contribution >= 0.6 is 37.2 Å². The molecule has 28 heavy (non-hydrogen) atoms. The van der Waals surface area contributed by atoms with Crippen LogP contribution in [0.15, 0.2) is 30.3 Å². The van der Waals surface area contributed by atoms with Gasteiger partial charge in [0, 0.05) is 51.2 Å². The maximum atomic E-state index is 12.1. The zero-order valence-electron chi connectivity index (χ0n) is 16.4. The summed E-state index contributed by atoms with van der Waals surface area (Å²) in [5, 5.41) is 3.09. The van der Waals surface area contributed by atoms with E-state index in [9.17, 15) is 4.79 Å². The number of nitrogens with one attached hydrogen (secondary N) is 1. The van der Waals surface area contributed by atoms with E-state index in [1.165, 1.54) is 5.56 Å². The highest BCUT2D eigenvalue weighted by Crippen LogP contribution is 2.23. The number of carbonyl (C=O) groups excluding carboxylic acids is 1. The van der Waals surface area contributed by atoms with Crippen LogP contribution in [0.2, 0.25) is 0 Å². The molecule has 0 spiro atoms. The highest BCUT2D eigenvalue weighted by atomic mass is 35.5. The van der Waals surface area contributed by atoms with Gasteiger partial charge in [-0.05, 0) is 37.8 Å². The molecule has 3 N–H and O–H groups in total. The zero-order valence-corrected chi connectivity index (χ0v) is 18.9. The van der Waals surface area contributed by atoms with Crippen LogP contribution in [0, 0.1) is 5.92 Å². The first-order valence-corrected chi connectivity index (χ1v) is 9.72. The number of hydrogen-bond acceptors (Lipinski definition) is 4. The number of amides is 1. The lowest BCUT2D eigenvalue weighted by molar-refractivity contribution is -0.124. The number of piperazine rings is 1. The third-order valence-corrected chi connectivity index (χ3v) is 5.51. The number of rotatable bonds is 7. The van der Waals surface area contributed by atoms with E-state index < -0.39 is 0 Å². The number of halogens is 3. The molecule has 0 bridgehead atoms. The number of carbonyl (C=O) groups is 1. The molecular weight excluding hydrogens is 419 g/mol. The number of hydrogen-bond donors (Lipinski definition) is 2. The van der Waals surface area contributed by atoms with Gasteiger partial charge < -0.3 is 16.0 Å². The van der Waals surface area contributed by atoms with E-state index in [1.54, 1.807) is 0 Å². The fourth-order valence-corrected chi connectivity index (χ4v) is 3.93. The smallest absolute Gasteiger partial charge is 0.223 e. The van der Waals surface area contributed by atoms with E-state index in [2.05, 4.69) is 45.4 Å². The number of nitrogens with zero attached hydrogens (tertiary/aromatic N) is 2. The van der Waals surface area contributed by atoms with Crippen LogP contribution in [-0.4, -0.2) is 61.0 Å². The Hall–Kier alpha value is -0.560. The molecule has 0 aromatic heterocycles. The molecule has 162 valence electrons. The van der Waals surface area contributed by atoms with Gasteiger partial charge in [0.2, 0.25) is 5.91 Å². The van der Waals surface area contributed by atoms with Crippen LogP contribution in [0.1, 0.15) is 31.2 Å². The van der Waals surface area contributed by atoms with Crippen LogP contribution in [0.25, 0.3) is 0 Å². The van der Waals surface area contributed by atoms with Crippen molar-refractivity contribution >= 4 is 43.1 Å². The molecule has 1 saturated heterocycles. The van der Waals surface area contributed by atoms with Crippen molar-refractivity contribution < 1.29 is 4.79 Å². The molecule has 3 rings (SSSR count). The monoisotopic (exact) mass is 452 g/mol. The highest BCUT2D eigenvalue weighted by Gasteiger charge is 2.27. The molecule has 5 nitrogen and oxygen atoms in total. The quantitative estimate of drug-likeness (QED) is 0.623. The van der Waals surface area contributed by atoms with Crippen LogP contribution in [-0.2, 0) is 11.3 Å². The summed E-state index contributed by atoms with van der Waals surface area (Å²) in [4.78, 5) is 17.1. The Morgan fingerprint density at radius 3 is 2.25 bits per heavy atom. The predicted octanol–water partition coefficient (Wildman–Crippen LogP) is 2.70. The maximum Gasteiger partial charge on any atom is 0.223 e. The zero-order chi connectivity index (χ0) is 17.5. The number of benzene rings is 1. The van der Waals surface area contributed by atoms with Gasteiger partial charge in [-0.3, -0.25) is 9.69 Å². The molecule has 1 amide bonds. The van der Waals surface area contributed by atoms with Crippen molar-refractivity contribution in [1.82, 2.24) is 15.1 Å². The van der Waals surface area contributed by atoms with Gasteiger partial charge in [0.15, 0.2) is 0 Å². The third-order valence-electron chi connectivity index (χ3n) is 5.51. The Balaban J connectivity index is 0.00000243. The minimum absolute atomic E-state index is 0. The summed E-state index contributed by atoms with van der Waals surface area (Å²) in [6.45, 7) is 7.41. The number of nitrogens with two attached hydrogens (primary N) is 1. The van der Waals surface area contributed by atoms with Gasteiger partial charge in [-0.2, -0.15) is 0 Å². The molecule has 1 aliphatic carbocycles. The SMILES string of the molecule is Cl.Cl.Cl.NC1CCC(C(=O)NCCCN2CCN(Cc3ccccc3)CC2)C1. The molecule has 1 saturated carbocycles. The Bertz CT molecular complexity index is 542. The maximum absolute atomic E-state index is 12.1. The normalized spacial score (nSPS) is 22.5. The summed E-state index contributed by atoms with van der Waals surface area (Å²) in [7, 11) is 0. The van der Waals surface area contributed by atoms with Crippen LogP contribution in [0.5, 0.6) is 0 Å². The van der Waals surface area contributed by atoms with Crippen molar-refractivity contribution in [1.29, 1.82) is 0 Å². The van der Waals surface area contributed by atoms with Gasteiger partial charge in [-0.15, -0.1) is 37.2 Å². The van der Waals surface area contributed by atoms with Crippen molar-refractivity contribution in [2.45, 2.75) is 38.3 Å². The average molecular weight is 454 g/mol. The van der Waals surface area contributed by atoms with Gasteiger partial charge >= 0.3 is 0 Å². The highest BCUT2D eigenvalue weighted by molar-refractivity contribution is 5.86. The Morgan fingerprint density at radius 2 is 1.64 bits per heavy atom. The van der Waals surface area contributed by atoms with E-state index in [1.807, 2.05) is 0 Å². The van der Waals surface area contributed by atoms with E-state index in [4.69, 9.17) is 5.73 Å². The van der Waals surface area contributed by atoms with Gasteiger partial charge in [0.25, 0.3) is 0 Å². The molecule has 2 fully saturated rings. The summed E-state index contributed by atoms with van der Waals surface area (Å²) in [5.41, 5.74) is 7.28. The van der Waals surface area contributed by atoms with Crippen molar-refractivity contribution in [3.63, 3.8) is 0 Å². The summed E-state index contributed by atoms with van der Waals surface area (Å²) < 4.78 is 0. The average Bonchev–Trinajstić information content (AvgIpc) is 3.07. The second-order valence-corrected chi connectivity index (χ2v) is 7.52. The van der Waals surface area contributed by atoms with Gasteiger partial charge in [-0.25, -0.2) is 0 Å². The summed E-state index contributed by atoms with van der Waals surface area (Å²) in [6.07, 6.45) is 3.83. The molecule has 1 heterocycles. The van der Waals surface area contributed by atoms with Crippen LogP contribution < -0.4 is 11.1 Å². The molecule has 1 aromatic carbocycles. The minimum Gasteiger partial charge on any atom is -0.356 e. The largest absolute Gasteiger partial charge is 0.356 e. The second-order valence-electron chi connectivity index (χ2n) is 7.52. The fraction of sp³-hybridized carbons (Fsp3) is 0.650. The van der Waals surface area contributed by atoms with E-state index in [-0.39, 0.29) is 55.1 Å². The van der Waals surface area contributed by atoms with Crippen molar-refractivity contribution in [3.05, 3.63) is 35.9 Å². The van der Waals surface area contributed by atoms with Crippen molar-refractivity contribution in [3.8, 4) is 0 Å². The first-order valence-electron chi connectivity index (χ1n) is 9.72. The van der Waals surface area contributed by atoms with Crippen molar-refractivity contribution in [2.24, 2.45) is 11.7 Å². The van der Waals surface area contributed by atoms with Crippen LogP contribution in [0.4, 0.5) is 0 Å². The summed E-state index contributed by atoms with van der Waals surface area (Å²) in [6, 6.07) is 10.9. The Kier molecular flexibility index (Phi) is 14.1. The lowest BCUT2D eigenvalue weighted by Gasteiger charge is -2.34. The molecule has 2 unspecified atom stereocenters. The van der Waals surface area contributed by atoms with E-state index in [0.717, 1.165) is 71.5 Å².